The molecule has 4 rings (SSSR count). The SMILES string of the molecule is CC1CCCC(C)N1C(=O)COc1ccc(C(=O)N2CCN(Cc3cccs3)CC2)cc1. The molecular formula is C25H33N3O3S. The molecule has 6 nitrogen and oxygen atoms in total. The number of piperazine rings is 1. The van der Waals surface area contributed by atoms with Crippen LogP contribution >= 0.6 is 11.3 Å². The molecule has 172 valence electrons. The van der Waals surface area contributed by atoms with E-state index >= 15 is 0 Å². The molecule has 0 radical (unpaired) electrons. The molecule has 1 aromatic heterocycles. The minimum absolute atomic E-state index is 0.0327. The van der Waals surface area contributed by atoms with Crippen molar-refractivity contribution in [2.75, 3.05) is 32.8 Å². The zero-order valence-corrected chi connectivity index (χ0v) is 19.9. The summed E-state index contributed by atoms with van der Waals surface area (Å²) < 4.78 is 5.74. The van der Waals surface area contributed by atoms with Gasteiger partial charge in [-0.05, 0) is 68.8 Å². The number of carbonyl (C=O) groups is 2. The maximum Gasteiger partial charge on any atom is 0.260 e. The number of likely N-dealkylation sites (tertiary alicyclic amines) is 1. The molecule has 2 atom stereocenters. The largest absolute Gasteiger partial charge is 0.484 e. The van der Waals surface area contributed by atoms with Gasteiger partial charge in [-0.1, -0.05) is 6.07 Å². The normalized spacial score (nSPS) is 22.1. The summed E-state index contributed by atoms with van der Waals surface area (Å²) in [7, 11) is 0. The molecule has 0 saturated carbocycles. The summed E-state index contributed by atoms with van der Waals surface area (Å²) in [6, 6.07) is 11.9. The highest BCUT2D eigenvalue weighted by Gasteiger charge is 2.29. The number of piperidine rings is 1. The van der Waals surface area contributed by atoms with Crippen LogP contribution in [0.5, 0.6) is 5.75 Å². The summed E-state index contributed by atoms with van der Waals surface area (Å²) in [5, 5.41) is 2.10. The molecule has 2 amide bonds. The first-order valence-electron chi connectivity index (χ1n) is 11.6. The Kier molecular flexibility index (Phi) is 7.48. The van der Waals surface area contributed by atoms with Crippen LogP contribution in [0.15, 0.2) is 41.8 Å². The summed E-state index contributed by atoms with van der Waals surface area (Å²) in [6.07, 6.45) is 3.27. The fourth-order valence-corrected chi connectivity index (χ4v) is 5.49. The Balaban J connectivity index is 1.25. The molecule has 2 saturated heterocycles. The minimum Gasteiger partial charge on any atom is -0.484 e. The standard InChI is InChI=1S/C25H33N3O3S/c1-19-5-3-6-20(2)28(19)24(29)18-31-22-10-8-21(9-11-22)25(30)27-14-12-26(13-15-27)17-23-7-4-16-32-23/h4,7-11,16,19-20H,3,5-6,12-15,17-18H2,1-2H3. The number of ether oxygens (including phenoxy) is 1. The number of rotatable bonds is 6. The van der Waals surface area contributed by atoms with Crippen molar-refractivity contribution >= 4 is 23.2 Å². The molecule has 0 N–H and O–H groups in total. The van der Waals surface area contributed by atoms with Crippen molar-refractivity contribution in [2.45, 2.75) is 51.7 Å². The average Bonchev–Trinajstić information content (AvgIpc) is 3.31. The van der Waals surface area contributed by atoms with Gasteiger partial charge in [-0.3, -0.25) is 14.5 Å². The van der Waals surface area contributed by atoms with Crippen molar-refractivity contribution in [2.24, 2.45) is 0 Å². The van der Waals surface area contributed by atoms with Gasteiger partial charge < -0.3 is 14.5 Å². The van der Waals surface area contributed by atoms with Crippen LogP contribution in [0.4, 0.5) is 0 Å². The molecule has 0 spiro atoms. The molecule has 32 heavy (non-hydrogen) atoms. The van der Waals surface area contributed by atoms with Crippen LogP contribution in [0.25, 0.3) is 0 Å². The Hall–Kier alpha value is -2.38. The second kappa shape index (κ2) is 10.5. The van der Waals surface area contributed by atoms with Crippen molar-refractivity contribution in [3.05, 3.63) is 52.2 Å². The highest BCUT2D eigenvalue weighted by Crippen LogP contribution is 2.23. The van der Waals surface area contributed by atoms with E-state index in [4.69, 9.17) is 4.74 Å². The van der Waals surface area contributed by atoms with Gasteiger partial charge in [0.1, 0.15) is 5.75 Å². The van der Waals surface area contributed by atoms with Crippen LogP contribution in [0.3, 0.4) is 0 Å². The number of hydrogen-bond acceptors (Lipinski definition) is 5. The second-order valence-electron chi connectivity index (χ2n) is 8.89. The molecule has 2 aliphatic rings. The van der Waals surface area contributed by atoms with E-state index in [1.165, 1.54) is 11.3 Å². The highest BCUT2D eigenvalue weighted by molar-refractivity contribution is 7.09. The van der Waals surface area contributed by atoms with E-state index in [-0.39, 0.29) is 30.5 Å². The van der Waals surface area contributed by atoms with Gasteiger partial charge in [0.15, 0.2) is 6.61 Å². The lowest BCUT2D eigenvalue weighted by Gasteiger charge is -2.39. The van der Waals surface area contributed by atoms with Crippen molar-refractivity contribution in [1.29, 1.82) is 0 Å². The number of amides is 2. The molecule has 2 unspecified atom stereocenters. The van der Waals surface area contributed by atoms with E-state index < -0.39 is 0 Å². The lowest BCUT2D eigenvalue weighted by atomic mass is 9.97. The fourth-order valence-electron chi connectivity index (χ4n) is 4.74. The van der Waals surface area contributed by atoms with Crippen LogP contribution in [0, 0.1) is 0 Å². The van der Waals surface area contributed by atoms with Crippen LogP contribution in [0.2, 0.25) is 0 Å². The molecule has 7 heteroatoms. The minimum atomic E-state index is 0.0327. The van der Waals surface area contributed by atoms with Gasteiger partial charge in [0, 0.05) is 55.2 Å². The lowest BCUT2D eigenvalue weighted by molar-refractivity contribution is -0.139. The summed E-state index contributed by atoms with van der Waals surface area (Å²) in [4.78, 5) is 33.2. The topological polar surface area (TPSA) is 53.1 Å². The van der Waals surface area contributed by atoms with E-state index in [1.54, 1.807) is 35.6 Å². The predicted molar refractivity (Wildman–Crippen MR) is 127 cm³/mol. The van der Waals surface area contributed by atoms with E-state index in [0.29, 0.717) is 11.3 Å². The Bertz CT molecular complexity index is 882. The number of thiophene rings is 1. The van der Waals surface area contributed by atoms with Gasteiger partial charge in [-0.25, -0.2) is 0 Å². The monoisotopic (exact) mass is 455 g/mol. The first kappa shape index (κ1) is 22.8. The molecule has 3 heterocycles. The van der Waals surface area contributed by atoms with Crippen LogP contribution in [-0.2, 0) is 11.3 Å². The lowest BCUT2D eigenvalue weighted by Crippen LogP contribution is -2.49. The van der Waals surface area contributed by atoms with E-state index in [1.807, 2.05) is 9.80 Å². The smallest absolute Gasteiger partial charge is 0.260 e. The summed E-state index contributed by atoms with van der Waals surface area (Å²) in [5.41, 5.74) is 0.661. The Labute approximate surface area is 194 Å². The molecular weight excluding hydrogens is 422 g/mol. The average molecular weight is 456 g/mol. The van der Waals surface area contributed by atoms with Gasteiger partial charge in [0.2, 0.25) is 0 Å². The van der Waals surface area contributed by atoms with Gasteiger partial charge in [-0.15, -0.1) is 11.3 Å². The van der Waals surface area contributed by atoms with Crippen molar-refractivity contribution < 1.29 is 14.3 Å². The predicted octanol–water partition coefficient (Wildman–Crippen LogP) is 3.87. The third-order valence-electron chi connectivity index (χ3n) is 6.56. The second-order valence-corrected chi connectivity index (χ2v) is 9.92. The summed E-state index contributed by atoms with van der Waals surface area (Å²) in [5.74, 6) is 0.706. The molecule has 2 fully saturated rings. The maximum absolute atomic E-state index is 12.9. The summed E-state index contributed by atoms with van der Waals surface area (Å²) in [6.45, 7) is 8.46. The van der Waals surface area contributed by atoms with Gasteiger partial charge >= 0.3 is 0 Å². The zero-order chi connectivity index (χ0) is 22.5. The third-order valence-corrected chi connectivity index (χ3v) is 7.43. The van der Waals surface area contributed by atoms with Crippen molar-refractivity contribution in [3.63, 3.8) is 0 Å². The molecule has 0 aliphatic carbocycles. The van der Waals surface area contributed by atoms with Gasteiger partial charge in [0.25, 0.3) is 11.8 Å². The molecule has 0 bridgehead atoms. The molecule has 2 aliphatic heterocycles. The third kappa shape index (κ3) is 5.51. The Morgan fingerprint density at radius 3 is 2.31 bits per heavy atom. The number of benzene rings is 1. The van der Waals surface area contributed by atoms with E-state index in [0.717, 1.165) is 45.6 Å². The van der Waals surface area contributed by atoms with E-state index in [2.05, 4.69) is 36.3 Å². The Morgan fingerprint density at radius 1 is 1.00 bits per heavy atom. The fraction of sp³-hybridized carbons (Fsp3) is 0.520. The summed E-state index contributed by atoms with van der Waals surface area (Å²) >= 11 is 1.78. The molecule has 2 aromatic rings. The highest BCUT2D eigenvalue weighted by atomic mass is 32.1. The first-order chi connectivity index (χ1) is 15.5. The van der Waals surface area contributed by atoms with E-state index in [9.17, 15) is 9.59 Å². The van der Waals surface area contributed by atoms with Crippen LogP contribution in [0.1, 0.15) is 48.3 Å². The van der Waals surface area contributed by atoms with Gasteiger partial charge in [0.05, 0.1) is 0 Å². The Morgan fingerprint density at radius 2 is 1.69 bits per heavy atom. The van der Waals surface area contributed by atoms with Crippen LogP contribution in [-0.4, -0.2) is 71.4 Å². The van der Waals surface area contributed by atoms with Gasteiger partial charge in [-0.2, -0.15) is 0 Å². The molecule has 1 aromatic carbocycles. The zero-order valence-electron chi connectivity index (χ0n) is 19.0. The van der Waals surface area contributed by atoms with Crippen molar-refractivity contribution in [3.8, 4) is 5.75 Å². The van der Waals surface area contributed by atoms with Crippen LogP contribution < -0.4 is 4.74 Å². The first-order valence-corrected chi connectivity index (χ1v) is 12.5. The number of nitrogens with zero attached hydrogens (tertiary/aromatic N) is 3. The number of carbonyl (C=O) groups excluding carboxylic acids is 2. The maximum atomic E-state index is 12.9. The quantitative estimate of drug-likeness (QED) is 0.664. The van der Waals surface area contributed by atoms with Crippen molar-refractivity contribution in [1.82, 2.24) is 14.7 Å². The number of hydrogen-bond donors (Lipinski definition) is 0.